The van der Waals surface area contributed by atoms with E-state index in [1.807, 2.05) is 0 Å². The number of hydrogen-bond donors (Lipinski definition) is 1. The molecule has 1 N–H and O–H groups in total. The highest BCUT2D eigenvalue weighted by molar-refractivity contribution is 6.30. The fourth-order valence-corrected chi connectivity index (χ4v) is 2.24. The van der Waals surface area contributed by atoms with Crippen molar-refractivity contribution >= 4 is 23.5 Å². The molecule has 1 aliphatic rings. The number of carbonyl (C=O) groups excluding carboxylic acids is 1. The molecule has 1 unspecified atom stereocenters. The zero-order chi connectivity index (χ0) is 16.1. The Morgan fingerprint density at radius 3 is 2.95 bits per heavy atom. The van der Waals surface area contributed by atoms with Crippen LogP contribution in [0.3, 0.4) is 0 Å². The molecule has 1 fully saturated rings. The van der Waals surface area contributed by atoms with Crippen molar-refractivity contribution in [1.29, 1.82) is 0 Å². The van der Waals surface area contributed by atoms with Crippen molar-refractivity contribution in [3.05, 3.63) is 29.0 Å². The van der Waals surface area contributed by atoms with Crippen LogP contribution in [0.25, 0.3) is 0 Å². The SMILES string of the molecule is O=C(O)CC1CN(C(=O)COc2ccc(F)c(Cl)c2)CCO1. The summed E-state index contributed by atoms with van der Waals surface area (Å²) in [6, 6.07) is 3.82. The molecule has 0 saturated carbocycles. The molecule has 22 heavy (non-hydrogen) atoms. The summed E-state index contributed by atoms with van der Waals surface area (Å²) < 4.78 is 23.6. The Hall–Kier alpha value is -1.86. The normalized spacial score (nSPS) is 18.1. The molecule has 0 bridgehead atoms. The summed E-state index contributed by atoms with van der Waals surface area (Å²) in [4.78, 5) is 24.2. The summed E-state index contributed by atoms with van der Waals surface area (Å²) >= 11 is 5.62. The summed E-state index contributed by atoms with van der Waals surface area (Å²) in [5.74, 6) is -1.55. The minimum atomic E-state index is -0.975. The van der Waals surface area contributed by atoms with Crippen molar-refractivity contribution in [2.24, 2.45) is 0 Å². The lowest BCUT2D eigenvalue weighted by atomic mass is 10.2. The fourth-order valence-electron chi connectivity index (χ4n) is 2.07. The first-order valence-corrected chi connectivity index (χ1v) is 7.02. The number of hydrogen-bond acceptors (Lipinski definition) is 4. The molecular weight excluding hydrogens is 317 g/mol. The first-order valence-electron chi connectivity index (χ1n) is 6.64. The van der Waals surface area contributed by atoms with Gasteiger partial charge in [0.2, 0.25) is 0 Å². The van der Waals surface area contributed by atoms with E-state index in [-0.39, 0.29) is 42.9 Å². The van der Waals surface area contributed by atoms with Gasteiger partial charge in [0.1, 0.15) is 11.6 Å². The third-order valence-corrected chi connectivity index (χ3v) is 3.44. The second-order valence-electron chi connectivity index (χ2n) is 4.80. The van der Waals surface area contributed by atoms with Gasteiger partial charge in [-0.1, -0.05) is 11.6 Å². The minimum Gasteiger partial charge on any atom is -0.484 e. The van der Waals surface area contributed by atoms with E-state index in [1.54, 1.807) is 0 Å². The van der Waals surface area contributed by atoms with Gasteiger partial charge in [-0.3, -0.25) is 9.59 Å². The number of aliphatic carboxylic acids is 1. The van der Waals surface area contributed by atoms with Crippen molar-refractivity contribution in [1.82, 2.24) is 4.90 Å². The Balaban J connectivity index is 1.86. The van der Waals surface area contributed by atoms with Crippen molar-refractivity contribution in [3.8, 4) is 5.75 Å². The van der Waals surface area contributed by atoms with Gasteiger partial charge in [0, 0.05) is 19.2 Å². The lowest BCUT2D eigenvalue weighted by molar-refractivity contribution is -0.148. The highest BCUT2D eigenvalue weighted by Crippen LogP contribution is 2.21. The van der Waals surface area contributed by atoms with Crippen molar-refractivity contribution < 1.29 is 28.6 Å². The molecular formula is C14H15ClFNO5. The van der Waals surface area contributed by atoms with Gasteiger partial charge < -0.3 is 19.5 Å². The number of amides is 1. The van der Waals surface area contributed by atoms with E-state index in [2.05, 4.69) is 0 Å². The largest absolute Gasteiger partial charge is 0.484 e. The van der Waals surface area contributed by atoms with Crippen LogP contribution < -0.4 is 4.74 Å². The van der Waals surface area contributed by atoms with E-state index in [4.69, 9.17) is 26.2 Å². The smallest absolute Gasteiger partial charge is 0.306 e. The zero-order valence-corrected chi connectivity index (χ0v) is 12.4. The fraction of sp³-hybridized carbons (Fsp3) is 0.429. The Bertz CT molecular complexity index is 568. The van der Waals surface area contributed by atoms with Crippen molar-refractivity contribution in [2.75, 3.05) is 26.3 Å². The molecule has 2 rings (SSSR count). The van der Waals surface area contributed by atoms with E-state index in [0.717, 1.165) is 6.07 Å². The number of carboxylic acids is 1. The van der Waals surface area contributed by atoms with Gasteiger partial charge in [0.25, 0.3) is 5.91 Å². The summed E-state index contributed by atoms with van der Waals surface area (Å²) in [6.45, 7) is 0.634. The molecule has 1 amide bonds. The number of carboxylic acid groups (broad SMARTS) is 1. The van der Waals surface area contributed by atoms with E-state index >= 15 is 0 Å². The number of benzene rings is 1. The molecule has 6 nitrogen and oxygen atoms in total. The summed E-state index contributed by atoms with van der Waals surface area (Å²) in [5.41, 5.74) is 0. The van der Waals surface area contributed by atoms with Gasteiger partial charge in [-0.05, 0) is 12.1 Å². The van der Waals surface area contributed by atoms with Gasteiger partial charge in [0.15, 0.2) is 6.61 Å². The number of carbonyl (C=O) groups is 2. The van der Waals surface area contributed by atoms with Crippen molar-refractivity contribution in [2.45, 2.75) is 12.5 Å². The molecule has 0 aliphatic carbocycles. The Kier molecular flexibility index (Phi) is 5.57. The van der Waals surface area contributed by atoms with Crippen LogP contribution in [0.15, 0.2) is 18.2 Å². The van der Waals surface area contributed by atoms with Crippen LogP contribution in [0, 0.1) is 5.82 Å². The molecule has 1 aromatic carbocycles. The third-order valence-electron chi connectivity index (χ3n) is 3.15. The number of ether oxygens (including phenoxy) is 2. The Labute approximate surface area is 131 Å². The Morgan fingerprint density at radius 1 is 1.50 bits per heavy atom. The molecule has 120 valence electrons. The number of morpholine rings is 1. The van der Waals surface area contributed by atoms with Gasteiger partial charge in [-0.15, -0.1) is 0 Å². The highest BCUT2D eigenvalue weighted by atomic mass is 35.5. The van der Waals surface area contributed by atoms with Crippen LogP contribution in [-0.2, 0) is 14.3 Å². The lowest BCUT2D eigenvalue weighted by Gasteiger charge is -2.32. The monoisotopic (exact) mass is 331 g/mol. The van der Waals surface area contributed by atoms with Crippen LogP contribution in [0.2, 0.25) is 5.02 Å². The second kappa shape index (κ2) is 7.42. The summed E-state index contributed by atoms with van der Waals surface area (Å²) in [7, 11) is 0. The van der Waals surface area contributed by atoms with Crippen LogP contribution >= 0.6 is 11.6 Å². The summed E-state index contributed by atoms with van der Waals surface area (Å²) in [5, 5.41) is 8.65. The molecule has 8 heteroatoms. The van der Waals surface area contributed by atoms with Crippen LogP contribution in [-0.4, -0.2) is 54.3 Å². The molecule has 1 atom stereocenters. The zero-order valence-electron chi connectivity index (χ0n) is 11.6. The van der Waals surface area contributed by atoms with Gasteiger partial charge in [0.05, 0.1) is 24.2 Å². The predicted molar refractivity (Wildman–Crippen MR) is 75.5 cm³/mol. The van der Waals surface area contributed by atoms with Crippen LogP contribution in [0.5, 0.6) is 5.75 Å². The van der Waals surface area contributed by atoms with Crippen LogP contribution in [0.4, 0.5) is 4.39 Å². The van der Waals surface area contributed by atoms with E-state index in [0.29, 0.717) is 6.54 Å². The lowest BCUT2D eigenvalue weighted by Crippen LogP contribution is -2.47. The topological polar surface area (TPSA) is 76.1 Å². The maximum Gasteiger partial charge on any atom is 0.306 e. The number of rotatable bonds is 5. The second-order valence-corrected chi connectivity index (χ2v) is 5.20. The molecule has 1 saturated heterocycles. The highest BCUT2D eigenvalue weighted by Gasteiger charge is 2.26. The maximum absolute atomic E-state index is 13.0. The van der Waals surface area contributed by atoms with E-state index in [1.165, 1.54) is 17.0 Å². The number of nitrogens with zero attached hydrogens (tertiary/aromatic N) is 1. The first-order chi connectivity index (χ1) is 10.5. The van der Waals surface area contributed by atoms with Gasteiger partial charge >= 0.3 is 5.97 Å². The first kappa shape index (κ1) is 16.5. The third kappa shape index (κ3) is 4.57. The average molecular weight is 332 g/mol. The standard InChI is InChI=1S/C14H15ClFNO5/c15-11-5-9(1-2-12(11)16)22-8-13(18)17-3-4-21-10(7-17)6-14(19)20/h1-2,5,10H,3-4,6-8H2,(H,19,20). The minimum absolute atomic E-state index is 0.0853. The molecule has 0 aromatic heterocycles. The van der Waals surface area contributed by atoms with Gasteiger partial charge in [-0.25, -0.2) is 4.39 Å². The molecule has 1 heterocycles. The predicted octanol–water partition coefficient (Wildman–Crippen LogP) is 1.56. The van der Waals surface area contributed by atoms with Crippen molar-refractivity contribution in [3.63, 3.8) is 0 Å². The summed E-state index contributed by atoms with van der Waals surface area (Å²) in [6.07, 6.45) is -0.673. The number of halogens is 2. The molecule has 1 aliphatic heterocycles. The average Bonchev–Trinajstić information content (AvgIpc) is 2.48. The Morgan fingerprint density at radius 2 is 2.27 bits per heavy atom. The molecule has 1 aromatic rings. The van der Waals surface area contributed by atoms with E-state index in [9.17, 15) is 14.0 Å². The molecule has 0 radical (unpaired) electrons. The van der Waals surface area contributed by atoms with Gasteiger partial charge in [-0.2, -0.15) is 0 Å². The van der Waals surface area contributed by atoms with Crippen LogP contribution in [0.1, 0.15) is 6.42 Å². The quantitative estimate of drug-likeness (QED) is 0.886. The van der Waals surface area contributed by atoms with E-state index < -0.39 is 17.9 Å². The molecule has 0 spiro atoms. The maximum atomic E-state index is 13.0.